The fourth-order valence-corrected chi connectivity index (χ4v) is 3.33. The number of rotatable bonds is 16. The number of hydrogen-bond acceptors (Lipinski definition) is 10. The maximum atomic E-state index is 13.1. The first-order valence-electron chi connectivity index (χ1n) is 12.5. The Labute approximate surface area is 221 Å². The number of esters is 4. The molecule has 0 saturated heterocycles. The molecule has 0 aliphatic rings. The Balaban J connectivity index is 3.09. The lowest BCUT2D eigenvalue weighted by molar-refractivity contribution is -0.148. The van der Waals surface area contributed by atoms with Crippen LogP contribution < -0.4 is 10.6 Å². The minimum absolute atomic E-state index is 0.0602. The van der Waals surface area contributed by atoms with Gasteiger partial charge in [0.1, 0.15) is 12.1 Å². The summed E-state index contributed by atoms with van der Waals surface area (Å²) in [7, 11) is 0. The molecule has 12 nitrogen and oxygen atoms in total. The molecule has 0 aliphatic carbocycles. The largest absolute Gasteiger partial charge is 0.466 e. The normalized spacial score (nSPS) is 11.9. The monoisotopic (exact) mass is 536 g/mol. The van der Waals surface area contributed by atoms with Crippen LogP contribution in [0.4, 0.5) is 0 Å². The number of benzene rings is 1. The minimum Gasteiger partial charge on any atom is -0.466 e. The van der Waals surface area contributed by atoms with Crippen LogP contribution in [0.2, 0.25) is 0 Å². The van der Waals surface area contributed by atoms with Crippen LogP contribution in [0.3, 0.4) is 0 Å². The van der Waals surface area contributed by atoms with Gasteiger partial charge >= 0.3 is 23.9 Å². The summed E-state index contributed by atoms with van der Waals surface area (Å²) in [6, 6.07) is 3.45. The van der Waals surface area contributed by atoms with Crippen LogP contribution in [0.15, 0.2) is 24.3 Å². The molecule has 0 saturated carbocycles. The lowest BCUT2D eigenvalue weighted by Gasteiger charge is -2.19. The highest BCUT2D eigenvalue weighted by Gasteiger charge is 2.28. The number of ether oxygens (including phenoxy) is 4. The van der Waals surface area contributed by atoms with Gasteiger partial charge in [-0.1, -0.05) is 12.1 Å². The Morgan fingerprint density at radius 3 is 1.26 bits per heavy atom. The molecule has 0 fully saturated rings. The van der Waals surface area contributed by atoms with E-state index in [-0.39, 0.29) is 63.2 Å². The molecule has 0 aliphatic heterocycles. The SMILES string of the molecule is CCOC(=O)CCC(NC(=O)c1ccccc1C(=O)NC(CCC(=O)OCC)C(=O)OCC)C(=O)OCC. The van der Waals surface area contributed by atoms with Gasteiger partial charge in [0, 0.05) is 12.8 Å². The third kappa shape index (κ3) is 11.0. The highest BCUT2D eigenvalue weighted by Crippen LogP contribution is 2.13. The summed E-state index contributed by atoms with van der Waals surface area (Å²) in [6.45, 7) is 6.96. The van der Waals surface area contributed by atoms with E-state index in [1.165, 1.54) is 24.3 Å². The van der Waals surface area contributed by atoms with E-state index < -0.39 is 47.8 Å². The van der Waals surface area contributed by atoms with Gasteiger partial charge in [0.2, 0.25) is 0 Å². The Bertz CT molecular complexity index is 902. The molecule has 38 heavy (non-hydrogen) atoms. The predicted octanol–water partition coefficient (Wildman–Crippen LogP) is 1.70. The second-order valence-electron chi connectivity index (χ2n) is 7.79. The summed E-state index contributed by atoms with van der Waals surface area (Å²) in [5, 5.41) is 5.01. The average molecular weight is 537 g/mol. The zero-order chi connectivity index (χ0) is 28.5. The molecule has 2 amide bonds. The molecule has 1 rings (SSSR count). The van der Waals surface area contributed by atoms with Crippen LogP contribution in [-0.4, -0.2) is 74.2 Å². The highest BCUT2D eigenvalue weighted by molar-refractivity contribution is 6.08. The van der Waals surface area contributed by atoms with Crippen LogP contribution in [0.5, 0.6) is 0 Å². The maximum absolute atomic E-state index is 13.1. The molecule has 2 atom stereocenters. The molecular formula is C26H36N2O10. The number of amides is 2. The molecular weight excluding hydrogens is 500 g/mol. The zero-order valence-electron chi connectivity index (χ0n) is 22.2. The summed E-state index contributed by atoms with van der Waals surface area (Å²) in [6.07, 6.45) is -0.421. The average Bonchev–Trinajstić information content (AvgIpc) is 2.89. The van der Waals surface area contributed by atoms with E-state index in [1.54, 1.807) is 27.7 Å². The van der Waals surface area contributed by atoms with E-state index in [0.717, 1.165) is 0 Å². The molecule has 0 bridgehead atoms. The molecule has 0 heterocycles. The third-order valence-electron chi connectivity index (χ3n) is 5.05. The Morgan fingerprint density at radius 2 is 0.947 bits per heavy atom. The van der Waals surface area contributed by atoms with E-state index in [9.17, 15) is 28.8 Å². The van der Waals surface area contributed by atoms with Crippen LogP contribution in [0, 0.1) is 0 Å². The van der Waals surface area contributed by atoms with Gasteiger partial charge < -0.3 is 29.6 Å². The Hall–Kier alpha value is -3.96. The highest BCUT2D eigenvalue weighted by atomic mass is 16.5. The Morgan fingerprint density at radius 1 is 0.605 bits per heavy atom. The van der Waals surface area contributed by atoms with Crippen molar-refractivity contribution in [3.05, 3.63) is 35.4 Å². The first-order valence-corrected chi connectivity index (χ1v) is 12.5. The van der Waals surface area contributed by atoms with E-state index >= 15 is 0 Å². The molecule has 0 radical (unpaired) electrons. The van der Waals surface area contributed by atoms with Crippen LogP contribution >= 0.6 is 0 Å². The van der Waals surface area contributed by atoms with Crippen molar-refractivity contribution in [1.29, 1.82) is 0 Å². The molecule has 1 aromatic rings. The van der Waals surface area contributed by atoms with Crippen molar-refractivity contribution in [2.75, 3.05) is 26.4 Å². The van der Waals surface area contributed by atoms with Gasteiger partial charge in [0.15, 0.2) is 0 Å². The lowest BCUT2D eigenvalue weighted by atomic mass is 10.0. The van der Waals surface area contributed by atoms with Crippen molar-refractivity contribution in [2.45, 2.75) is 65.5 Å². The number of hydrogen-bond donors (Lipinski definition) is 2. The third-order valence-corrected chi connectivity index (χ3v) is 5.05. The second kappa shape index (κ2) is 17.5. The molecule has 0 spiro atoms. The van der Waals surface area contributed by atoms with Gasteiger partial charge in [-0.25, -0.2) is 9.59 Å². The quantitative estimate of drug-likeness (QED) is 0.235. The van der Waals surface area contributed by atoms with E-state index in [2.05, 4.69) is 10.6 Å². The molecule has 0 aromatic heterocycles. The van der Waals surface area contributed by atoms with E-state index in [1.807, 2.05) is 0 Å². The molecule has 2 N–H and O–H groups in total. The molecule has 1 aromatic carbocycles. The van der Waals surface area contributed by atoms with Gasteiger partial charge in [0.05, 0.1) is 37.6 Å². The number of carbonyl (C=O) groups excluding carboxylic acids is 6. The summed E-state index contributed by atoms with van der Waals surface area (Å²) < 4.78 is 19.7. The summed E-state index contributed by atoms with van der Waals surface area (Å²) >= 11 is 0. The Kier molecular flexibility index (Phi) is 14.8. The van der Waals surface area contributed by atoms with Crippen molar-refractivity contribution < 1.29 is 47.7 Å². The summed E-state index contributed by atoms with van der Waals surface area (Å²) in [5.74, 6) is -4.09. The fourth-order valence-electron chi connectivity index (χ4n) is 3.33. The van der Waals surface area contributed by atoms with Crippen molar-refractivity contribution in [3.63, 3.8) is 0 Å². The van der Waals surface area contributed by atoms with Crippen LogP contribution in [0.1, 0.15) is 74.1 Å². The van der Waals surface area contributed by atoms with Crippen LogP contribution in [-0.2, 0) is 38.1 Å². The smallest absolute Gasteiger partial charge is 0.328 e. The van der Waals surface area contributed by atoms with Crippen molar-refractivity contribution >= 4 is 35.7 Å². The topological polar surface area (TPSA) is 163 Å². The first kappa shape index (κ1) is 32.1. The standard InChI is InChI=1S/C26H36N2O10/c1-5-35-21(29)15-13-19(25(33)37-7-3)27-23(31)17-11-9-10-12-18(17)24(32)28-20(26(34)38-8-4)14-16-22(30)36-6-2/h9-12,19-20H,5-8,13-16H2,1-4H3,(H,27,31)(H,28,32). The molecule has 210 valence electrons. The van der Waals surface area contributed by atoms with E-state index in [4.69, 9.17) is 18.9 Å². The number of carbonyl (C=O) groups is 6. The van der Waals surface area contributed by atoms with Crippen molar-refractivity contribution in [1.82, 2.24) is 10.6 Å². The van der Waals surface area contributed by atoms with Gasteiger partial charge in [-0.15, -0.1) is 0 Å². The van der Waals surface area contributed by atoms with E-state index in [0.29, 0.717) is 0 Å². The predicted molar refractivity (Wildman–Crippen MR) is 134 cm³/mol. The van der Waals surface area contributed by atoms with Crippen molar-refractivity contribution in [3.8, 4) is 0 Å². The molecule has 2 unspecified atom stereocenters. The first-order chi connectivity index (χ1) is 18.2. The second-order valence-corrected chi connectivity index (χ2v) is 7.79. The van der Waals surface area contributed by atoms with Crippen LogP contribution in [0.25, 0.3) is 0 Å². The fraction of sp³-hybridized carbons (Fsp3) is 0.538. The zero-order valence-corrected chi connectivity index (χ0v) is 22.2. The summed E-state index contributed by atoms with van der Waals surface area (Å²) in [5.41, 5.74) is -0.160. The lowest BCUT2D eigenvalue weighted by Crippen LogP contribution is -2.44. The maximum Gasteiger partial charge on any atom is 0.328 e. The minimum atomic E-state index is -1.17. The van der Waals surface area contributed by atoms with Gasteiger partial charge in [-0.3, -0.25) is 19.2 Å². The van der Waals surface area contributed by atoms with Gasteiger partial charge in [-0.05, 0) is 52.7 Å². The molecule has 12 heteroatoms. The van der Waals surface area contributed by atoms with Gasteiger partial charge in [-0.2, -0.15) is 0 Å². The van der Waals surface area contributed by atoms with Gasteiger partial charge in [0.25, 0.3) is 11.8 Å². The summed E-state index contributed by atoms with van der Waals surface area (Å²) in [4.78, 5) is 74.5. The number of nitrogens with one attached hydrogen (secondary N) is 2. The van der Waals surface area contributed by atoms with Crippen molar-refractivity contribution in [2.24, 2.45) is 0 Å².